The van der Waals surface area contributed by atoms with Crippen LogP contribution in [0.3, 0.4) is 0 Å². The molecule has 814 valence electrons. The summed E-state index contributed by atoms with van der Waals surface area (Å²) in [4.78, 5) is 190. The topological polar surface area (TPSA) is 510 Å². The van der Waals surface area contributed by atoms with Crippen molar-refractivity contribution in [3.05, 3.63) is 142 Å². The third-order valence-corrected chi connectivity index (χ3v) is 25.0. The summed E-state index contributed by atoms with van der Waals surface area (Å²) in [6.07, 6.45) is 16.8. The standard InChI is InChI=1S/C37H59N7O5.C36H63N7O6.C34H57N7O6/c1-9-14-32(43(8)24-31(21-25(3)4)41-35(46)29-17-19-44(49)20-18-29)36(47)40-30(22-28-15-12-11-13-16-28)23-39-27(7)34(45)42-33(26(5)6)37(48)38-10-2;1-12-15-29(42(11)35(48)28(21-36(8,9)10)40-31(44)25-16-18-43(49)19-17-25)33(46)39-26(20-23(4)5)22-38-27(13-2)32(45)41-30(24(6)7)34(47)37-14-3;1-9-11-28(40(8)34(46)27(19-24-12-13-24)38-31(43)25-14-16-41(47)17-15-25)32(44)37-26(18-21(3)4)20-36-23(7)30(42)39-29(22(5)6)33(45)35-10-2/h11-13,15-20,25-27,30-33,39H,9-10,14,21-24H2,1-8H3,(H,38,48)(H,40,47)(H,41,46)(H,42,45);16-19,23-24,26-30,38H,12-15,20-22H2,1-11H3,(H,37,47)(H,39,46)(H,40,44)(H,41,45);14-17,21-24,26-29,36H,9-13,18-20H2,1-8H3,(H,35,45)(H,37,44)(H,38,43)(H,39,42)/t27-,30-,31-,32-,33-;26-,27-,28-,29-,30-;23-,26-,27-,28-,29-/m000/s1. The minimum Gasteiger partial charge on any atom is -0.619 e. The summed E-state index contributed by atoms with van der Waals surface area (Å²) in [5, 5.41) is 79.3. The molecule has 4 aromatic rings. The molecule has 0 spiro atoms. The number of nitrogens with zero attached hydrogens (tertiary/aromatic N) is 6. The molecule has 0 radical (unpaired) electrons. The molecule has 1 aromatic carbocycles. The van der Waals surface area contributed by atoms with E-state index in [4.69, 9.17) is 0 Å². The van der Waals surface area contributed by atoms with Crippen molar-refractivity contribution in [1.29, 1.82) is 0 Å². The number of aromatic nitrogens is 3. The normalized spacial score (nSPS) is 15.1. The fourth-order valence-electron chi connectivity index (χ4n) is 16.8. The maximum Gasteiger partial charge on any atom is 0.252 e. The zero-order chi connectivity index (χ0) is 109. The summed E-state index contributed by atoms with van der Waals surface area (Å²) >= 11 is 0. The summed E-state index contributed by atoms with van der Waals surface area (Å²) in [5.74, 6) is -3.45. The first-order valence-electron chi connectivity index (χ1n) is 52.4. The van der Waals surface area contributed by atoms with Crippen molar-refractivity contribution in [2.24, 2.45) is 46.8 Å². The average Bonchev–Trinajstić information content (AvgIpc) is 1.73. The van der Waals surface area contributed by atoms with Crippen LogP contribution in [0.1, 0.15) is 293 Å². The van der Waals surface area contributed by atoms with Gasteiger partial charge in [0, 0.05) is 120 Å². The second-order valence-electron chi connectivity index (χ2n) is 42.0. The lowest BCUT2D eigenvalue weighted by Crippen LogP contribution is -2.58. The van der Waals surface area contributed by atoms with E-state index in [-0.39, 0.29) is 141 Å². The maximum absolute atomic E-state index is 14.0. The van der Waals surface area contributed by atoms with Crippen LogP contribution in [-0.2, 0) is 59.2 Å². The van der Waals surface area contributed by atoms with E-state index in [2.05, 4.69) is 93.6 Å². The number of hydrogen-bond acceptors (Lipinski definition) is 21. The van der Waals surface area contributed by atoms with E-state index < -0.39 is 78.3 Å². The fourth-order valence-corrected chi connectivity index (χ4v) is 16.8. The van der Waals surface area contributed by atoms with Crippen molar-refractivity contribution in [3.8, 4) is 0 Å². The van der Waals surface area contributed by atoms with Gasteiger partial charge in [0.2, 0.25) is 65.0 Å². The Morgan fingerprint density at radius 1 is 0.372 bits per heavy atom. The monoisotopic (exact) mass is 2030 g/mol. The van der Waals surface area contributed by atoms with E-state index in [0.717, 1.165) is 24.8 Å². The smallest absolute Gasteiger partial charge is 0.252 e. The van der Waals surface area contributed by atoms with Crippen LogP contribution in [0.5, 0.6) is 0 Å². The highest BCUT2D eigenvalue weighted by molar-refractivity contribution is 6.00. The van der Waals surface area contributed by atoms with E-state index in [0.29, 0.717) is 154 Å². The van der Waals surface area contributed by atoms with Crippen molar-refractivity contribution < 1.29 is 81.3 Å². The maximum atomic E-state index is 14.0. The van der Waals surface area contributed by atoms with Gasteiger partial charge in [0.25, 0.3) is 17.7 Å². The van der Waals surface area contributed by atoms with Crippen LogP contribution in [0.15, 0.2) is 104 Å². The van der Waals surface area contributed by atoms with Gasteiger partial charge in [0.15, 0.2) is 37.2 Å². The first-order chi connectivity index (χ1) is 68.3. The highest BCUT2D eigenvalue weighted by atomic mass is 16.5. The summed E-state index contributed by atoms with van der Waals surface area (Å²) < 4.78 is 1.79. The van der Waals surface area contributed by atoms with Gasteiger partial charge < -0.3 is 105 Å². The van der Waals surface area contributed by atoms with Crippen LogP contribution < -0.4 is 93.9 Å². The lowest BCUT2D eigenvalue weighted by molar-refractivity contribution is -0.605. The molecule has 14 amide bonds. The Balaban J connectivity index is 0.000000559. The average molecular weight is 2030 g/mol. The molecule has 38 heteroatoms. The predicted molar refractivity (Wildman–Crippen MR) is 563 cm³/mol. The summed E-state index contributed by atoms with van der Waals surface area (Å²) in [5.41, 5.74) is 1.64. The molecular weight excluding hydrogens is 1850 g/mol. The number of likely N-dealkylation sites (N-methyl/N-ethyl adjacent to an activating group) is 6. The third-order valence-electron chi connectivity index (χ3n) is 25.0. The van der Waals surface area contributed by atoms with Crippen LogP contribution >= 0.6 is 0 Å². The third kappa shape index (κ3) is 47.7. The van der Waals surface area contributed by atoms with E-state index in [9.17, 15) is 82.7 Å². The van der Waals surface area contributed by atoms with Gasteiger partial charge in [-0.1, -0.05) is 194 Å². The van der Waals surface area contributed by atoms with Crippen LogP contribution in [-0.4, -0.2) is 255 Å². The van der Waals surface area contributed by atoms with Crippen LogP contribution in [0, 0.1) is 62.5 Å². The van der Waals surface area contributed by atoms with E-state index >= 15 is 0 Å². The lowest BCUT2D eigenvalue weighted by Gasteiger charge is -2.34. The molecule has 0 aliphatic heterocycles. The Bertz CT molecular complexity index is 4620. The highest BCUT2D eigenvalue weighted by Crippen LogP contribution is 2.34. The van der Waals surface area contributed by atoms with Gasteiger partial charge in [0.1, 0.15) is 42.3 Å². The lowest BCUT2D eigenvalue weighted by atomic mass is 9.87. The number of rotatable bonds is 61. The van der Waals surface area contributed by atoms with Gasteiger partial charge in [-0.15, -0.1) is 0 Å². The van der Waals surface area contributed by atoms with E-state index in [1.54, 1.807) is 27.9 Å². The molecule has 1 fully saturated rings. The van der Waals surface area contributed by atoms with Crippen molar-refractivity contribution in [3.63, 3.8) is 0 Å². The Morgan fingerprint density at radius 2 is 0.703 bits per heavy atom. The Hall–Kier alpha value is -11.5. The quantitative estimate of drug-likeness (QED) is 0.0159. The molecule has 0 unspecified atom stereocenters. The largest absolute Gasteiger partial charge is 0.619 e. The number of nitrogens with one attached hydrogen (secondary N) is 15. The van der Waals surface area contributed by atoms with E-state index in [1.807, 2.05) is 181 Å². The van der Waals surface area contributed by atoms with Crippen molar-refractivity contribution in [2.75, 3.05) is 67.0 Å². The van der Waals surface area contributed by atoms with Gasteiger partial charge in [-0.2, -0.15) is 14.2 Å². The molecule has 145 heavy (non-hydrogen) atoms. The fraction of sp³-hybridized carbons (Fsp3) is 0.673. The first-order valence-corrected chi connectivity index (χ1v) is 52.4. The van der Waals surface area contributed by atoms with Crippen molar-refractivity contribution in [2.45, 2.75) is 353 Å². The number of benzene rings is 1. The molecule has 0 bridgehead atoms. The number of hydrogen-bond donors (Lipinski definition) is 15. The van der Waals surface area contributed by atoms with E-state index in [1.165, 1.54) is 83.4 Å². The molecule has 1 aliphatic rings. The Morgan fingerprint density at radius 3 is 1.06 bits per heavy atom. The minimum absolute atomic E-state index is 0.0850. The molecule has 0 saturated heterocycles. The Labute approximate surface area is 862 Å². The zero-order valence-corrected chi connectivity index (χ0v) is 91.7. The molecule has 15 atom stereocenters. The summed E-state index contributed by atoms with van der Waals surface area (Å²) in [6.45, 7) is 49.1. The second-order valence-corrected chi connectivity index (χ2v) is 42.0. The first kappa shape index (κ1) is 128. The second kappa shape index (κ2) is 65.9. The number of carbonyl (C=O) groups is 14. The van der Waals surface area contributed by atoms with Crippen LogP contribution in [0.2, 0.25) is 0 Å². The SMILES string of the molecule is CCC[C@@H](C(=O)N[C@H](CN[C@@H](C)C(=O)N[C@H](C(=O)NCC)C(C)C)CC(C)C)N(C)C(=O)[C@H](CC1CC1)NC(=O)c1cc[n+]([O-])cc1.CCC[C@@H](C(=O)N[C@H](CN[C@@H](C)C(=O)N[C@H](C(=O)NCC)C(C)C)Cc1ccccc1)N(C)C[C@H](CC(C)C)NC(=O)c1cc[n+]([O-])cc1.CCC[C@@H](C(=O)N[C@H](CN[C@@H](CC)C(=O)N[C@H](C(=O)NCC)C(C)C)CC(C)C)N(C)C(=O)[C@H](CC(C)(C)C)NC(=O)c1cc[n+]([O-])cc1. The number of carbonyl (C=O) groups excluding carboxylic acids is 14. The summed E-state index contributed by atoms with van der Waals surface area (Å²) in [6, 6.07) is 9.70. The Kier molecular flexibility index (Phi) is 58.0. The summed E-state index contributed by atoms with van der Waals surface area (Å²) in [7, 11) is 5.08. The number of amides is 14. The van der Waals surface area contributed by atoms with Gasteiger partial charge >= 0.3 is 0 Å². The molecule has 1 saturated carbocycles. The molecular formula is C107H179N21O17. The van der Waals surface area contributed by atoms with Crippen LogP contribution in [0.25, 0.3) is 0 Å². The number of pyridine rings is 3. The van der Waals surface area contributed by atoms with Crippen LogP contribution in [0.4, 0.5) is 0 Å². The minimum atomic E-state index is -0.907. The van der Waals surface area contributed by atoms with Gasteiger partial charge in [0.05, 0.1) is 40.9 Å². The zero-order valence-electron chi connectivity index (χ0n) is 91.7. The molecule has 3 heterocycles. The molecule has 15 N–H and O–H groups in total. The molecule has 3 aromatic heterocycles. The molecule has 38 nitrogen and oxygen atoms in total. The highest BCUT2D eigenvalue weighted by Gasteiger charge is 2.40. The predicted octanol–water partition coefficient (Wildman–Crippen LogP) is 6.84. The van der Waals surface area contributed by atoms with Gasteiger partial charge in [-0.05, 0) is 158 Å². The molecule has 1 aliphatic carbocycles. The molecule has 5 rings (SSSR count). The van der Waals surface area contributed by atoms with Gasteiger partial charge in [-0.25, -0.2) is 0 Å². The van der Waals surface area contributed by atoms with Crippen molar-refractivity contribution >= 4 is 82.7 Å². The van der Waals surface area contributed by atoms with Gasteiger partial charge in [-0.3, -0.25) is 72.0 Å². The van der Waals surface area contributed by atoms with Crippen molar-refractivity contribution in [1.82, 2.24) is 94.5 Å².